The van der Waals surface area contributed by atoms with E-state index in [4.69, 9.17) is 9.15 Å². The van der Waals surface area contributed by atoms with Crippen molar-refractivity contribution in [3.05, 3.63) is 47.4 Å². The van der Waals surface area contributed by atoms with Crippen LogP contribution in [0, 0.1) is 25.6 Å². The monoisotopic (exact) mass is 559 g/mol. The Morgan fingerprint density at radius 2 is 2.00 bits per heavy atom. The van der Waals surface area contributed by atoms with Gasteiger partial charge in [-0.3, -0.25) is 9.89 Å². The van der Waals surface area contributed by atoms with Gasteiger partial charge in [-0.05, 0) is 64.8 Å². The van der Waals surface area contributed by atoms with E-state index in [0.717, 1.165) is 62.3 Å². The molecule has 0 spiro atoms. The molecule has 0 bridgehead atoms. The number of nitrogens with zero attached hydrogens (tertiary/aromatic N) is 3. The highest BCUT2D eigenvalue weighted by molar-refractivity contribution is 14.0. The summed E-state index contributed by atoms with van der Waals surface area (Å²) in [6, 6.07) is 6.44. The molecule has 1 atom stereocenters. The van der Waals surface area contributed by atoms with Crippen LogP contribution in [0.25, 0.3) is 0 Å². The molecule has 1 aliphatic heterocycles. The van der Waals surface area contributed by atoms with Gasteiger partial charge >= 0.3 is 0 Å². The number of piperidine rings is 1. The van der Waals surface area contributed by atoms with E-state index >= 15 is 0 Å². The first-order valence-electron chi connectivity index (χ1n) is 11.0. The summed E-state index contributed by atoms with van der Waals surface area (Å²) in [6.45, 7) is 10.1. The second kappa shape index (κ2) is 13.0. The molecule has 2 N–H and O–H groups in total. The predicted octanol–water partition coefficient (Wildman–Crippen LogP) is 3.89. The smallest absolute Gasteiger partial charge is 0.208 e. The molecule has 1 aromatic carbocycles. The number of oxazole rings is 1. The van der Waals surface area contributed by atoms with Gasteiger partial charge in [-0.25, -0.2) is 9.37 Å². The number of halogens is 2. The fourth-order valence-corrected chi connectivity index (χ4v) is 3.65. The highest BCUT2D eigenvalue weighted by Crippen LogP contribution is 2.19. The maximum absolute atomic E-state index is 13.7. The van der Waals surface area contributed by atoms with E-state index in [1.54, 1.807) is 25.2 Å². The van der Waals surface area contributed by atoms with Gasteiger partial charge in [-0.1, -0.05) is 12.1 Å². The van der Waals surface area contributed by atoms with Crippen LogP contribution in [0.3, 0.4) is 0 Å². The first-order chi connectivity index (χ1) is 14.9. The number of hydrogen-bond donors (Lipinski definition) is 2. The Morgan fingerprint density at radius 3 is 2.62 bits per heavy atom. The van der Waals surface area contributed by atoms with Crippen molar-refractivity contribution in [1.29, 1.82) is 0 Å². The minimum absolute atomic E-state index is 0. The third-order valence-corrected chi connectivity index (χ3v) is 5.64. The van der Waals surface area contributed by atoms with Gasteiger partial charge in [-0.2, -0.15) is 0 Å². The molecule has 0 saturated carbocycles. The number of para-hydroxylation sites is 1. The van der Waals surface area contributed by atoms with E-state index in [1.165, 1.54) is 6.07 Å². The van der Waals surface area contributed by atoms with Crippen molar-refractivity contribution in [3.8, 4) is 5.75 Å². The Labute approximate surface area is 207 Å². The quantitative estimate of drug-likeness (QED) is 0.291. The summed E-state index contributed by atoms with van der Waals surface area (Å²) in [5.41, 5.74) is 0.974. The summed E-state index contributed by atoms with van der Waals surface area (Å²) < 4.78 is 25.1. The van der Waals surface area contributed by atoms with Crippen LogP contribution in [-0.2, 0) is 6.54 Å². The largest absolute Gasteiger partial charge is 0.486 e. The second-order valence-electron chi connectivity index (χ2n) is 8.16. The van der Waals surface area contributed by atoms with Gasteiger partial charge in [0.1, 0.15) is 11.9 Å². The van der Waals surface area contributed by atoms with Crippen LogP contribution in [0.5, 0.6) is 5.75 Å². The van der Waals surface area contributed by atoms with Gasteiger partial charge < -0.3 is 19.8 Å². The number of benzene rings is 1. The zero-order chi connectivity index (χ0) is 22.2. The summed E-state index contributed by atoms with van der Waals surface area (Å²) in [6.07, 6.45) is 2.05. The minimum atomic E-state index is -0.351. The molecule has 9 heteroatoms. The Hall–Kier alpha value is -1.88. The highest BCUT2D eigenvalue weighted by atomic mass is 127. The van der Waals surface area contributed by atoms with Crippen LogP contribution in [0.4, 0.5) is 4.39 Å². The Kier molecular flexibility index (Phi) is 10.7. The number of aromatic nitrogens is 1. The molecule has 1 fully saturated rings. The fourth-order valence-electron chi connectivity index (χ4n) is 3.65. The Balaban J connectivity index is 0.00000363. The van der Waals surface area contributed by atoms with Gasteiger partial charge in [-0.15, -0.1) is 24.0 Å². The predicted molar refractivity (Wildman–Crippen MR) is 135 cm³/mol. The number of rotatable bonds is 8. The Morgan fingerprint density at radius 1 is 1.28 bits per heavy atom. The van der Waals surface area contributed by atoms with Crippen molar-refractivity contribution in [2.75, 3.05) is 33.2 Å². The molecule has 3 rings (SSSR count). The fraction of sp³-hybridized carbons (Fsp3) is 0.565. The summed E-state index contributed by atoms with van der Waals surface area (Å²) in [5.74, 6) is 2.95. The maximum Gasteiger partial charge on any atom is 0.208 e. The van der Waals surface area contributed by atoms with Crippen molar-refractivity contribution in [1.82, 2.24) is 20.5 Å². The SMILES string of the molecule is CN=C(NCC1CCN(Cc2nc(C)c(C)o2)CC1)NCC(C)Oc1ccccc1F.I. The molecule has 1 saturated heterocycles. The van der Waals surface area contributed by atoms with Gasteiger partial charge in [0.25, 0.3) is 0 Å². The maximum atomic E-state index is 13.7. The summed E-state index contributed by atoms with van der Waals surface area (Å²) in [4.78, 5) is 11.2. The van der Waals surface area contributed by atoms with Crippen LogP contribution >= 0.6 is 24.0 Å². The van der Waals surface area contributed by atoms with E-state index in [2.05, 4.69) is 25.5 Å². The van der Waals surface area contributed by atoms with Crippen LogP contribution in [-0.4, -0.2) is 55.2 Å². The van der Waals surface area contributed by atoms with Crippen molar-refractivity contribution < 1.29 is 13.5 Å². The van der Waals surface area contributed by atoms with Gasteiger partial charge in [0.15, 0.2) is 17.5 Å². The number of nitrogens with one attached hydrogen (secondary N) is 2. The summed E-state index contributed by atoms with van der Waals surface area (Å²) in [7, 11) is 1.75. The lowest BCUT2D eigenvalue weighted by Gasteiger charge is -2.31. The van der Waals surface area contributed by atoms with Crippen molar-refractivity contribution >= 4 is 29.9 Å². The van der Waals surface area contributed by atoms with Gasteiger partial charge in [0, 0.05) is 13.6 Å². The number of guanidine groups is 1. The normalized spacial score (nSPS) is 16.3. The van der Waals surface area contributed by atoms with E-state index in [9.17, 15) is 4.39 Å². The number of aliphatic imine (C=N–C) groups is 1. The number of ether oxygens (including phenoxy) is 1. The van der Waals surface area contributed by atoms with E-state index < -0.39 is 0 Å². The lowest BCUT2D eigenvalue weighted by atomic mass is 9.97. The molecular weight excluding hydrogens is 524 g/mol. The second-order valence-corrected chi connectivity index (χ2v) is 8.16. The van der Waals surface area contributed by atoms with Crippen molar-refractivity contribution in [2.24, 2.45) is 10.9 Å². The molecule has 32 heavy (non-hydrogen) atoms. The molecule has 1 aliphatic rings. The topological polar surface area (TPSA) is 74.9 Å². The van der Waals surface area contributed by atoms with Crippen LogP contribution in [0.2, 0.25) is 0 Å². The van der Waals surface area contributed by atoms with Crippen molar-refractivity contribution in [2.45, 2.75) is 46.3 Å². The summed E-state index contributed by atoms with van der Waals surface area (Å²) in [5, 5.41) is 6.66. The minimum Gasteiger partial charge on any atom is -0.486 e. The Bertz CT molecular complexity index is 848. The van der Waals surface area contributed by atoms with Crippen LogP contribution in [0.1, 0.15) is 37.1 Å². The molecule has 1 aromatic heterocycles. The zero-order valence-corrected chi connectivity index (χ0v) is 21.7. The molecular formula is C23H35FIN5O2. The molecule has 0 radical (unpaired) electrons. The lowest BCUT2D eigenvalue weighted by molar-refractivity contribution is 0.164. The van der Waals surface area contributed by atoms with Crippen LogP contribution in [0.15, 0.2) is 33.7 Å². The van der Waals surface area contributed by atoms with Gasteiger partial charge in [0.05, 0.1) is 18.8 Å². The van der Waals surface area contributed by atoms with E-state index in [-0.39, 0.29) is 41.6 Å². The lowest BCUT2D eigenvalue weighted by Crippen LogP contribution is -2.45. The first kappa shape index (κ1) is 26.4. The average molecular weight is 559 g/mol. The van der Waals surface area contributed by atoms with Crippen molar-refractivity contribution in [3.63, 3.8) is 0 Å². The molecule has 1 unspecified atom stereocenters. The molecule has 7 nitrogen and oxygen atoms in total. The standard InChI is InChI=1S/C23H34FN5O2.HI/c1-16(30-21-8-6-5-7-20(21)24)13-26-23(25-4)27-14-19-9-11-29(12-10-19)15-22-28-17(2)18(3)31-22;/h5-8,16,19H,9-15H2,1-4H3,(H2,25,26,27);1H. The molecule has 0 aliphatic carbocycles. The van der Waals surface area contributed by atoms with Crippen LogP contribution < -0.4 is 15.4 Å². The number of hydrogen-bond acceptors (Lipinski definition) is 5. The van der Waals surface area contributed by atoms with E-state index in [1.807, 2.05) is 20.8 Å². The molecule has 2 heterocycles. The molecule has 178 valence electrons. The van der Waals surface area contributed by atoms with Gasteiger partial charge in [0.2, 0.25) is 5.89 Å². The van der Waals surface area contributed by atoms with E-state index in [0.29, 0.717) is 12.5 Å². The number of aryl methyl sites for hydroxylation is 2. The molecule has 0 amide bonds. The number of likely N-dealkylation sites (tertiary alicyclic amines) is 1. The first-order valence-corrected chi connectivity index (χ1v) is 11.0. The zero-order valence-electron chi connectivity index (χ0n) is 19.4. The highest BCUT2D eigenvalue weighted by Gasteiger charge is 2.21. The average Bonchev–Trinajstić information content (AvgIpc) is 3.07. The summed E-state index contributed by atoms with van der Waals surface area (Å²) >= 11 is 0. The third-order valence-electron chi connectivity index (χ3n) is 5.64. The third kappa shape index (κ3) is 7.91. The molecule has 2 aromatic rings.